The van der Waals surface area contributed by atoms with E-state index in [1.165, 1.54) is 0 Å². The summed E-state index contributed by atoms with van der Waals surface area (Å²) in [6.45, 7) is 7.27. The Balaban J connectivity index is 1.66. The molecule has 0 spiro atoms. The normalized spacial score (nSPS) is 29.3. The van der Waals surface area contributed by atoms with Crippen molar-refractivity contribution in [3.8, 4) is 0 Å². The molecular weight excluding hydrogens is 360 g/mol. The SMILES string of the molecule is CC1(C)C[C@H]2C[C@](C)(CN2S(=O)(=O)c2ccc3c4c(cccc24)C(=O)N3)C1. The van der Waals surface area contributed by atoms with Crippen LogP contribution in [-0.4, -0.2) is 31.2 Å². The minimum absolute atomic E-state index is 0.0336. The Morgan fingerprint density at radius 1 is 1.11 bits per heavy atom. The summed E-state index contributed by atoms with van der Waals surface area (Å²) in [7, 11) is -3.64. The third-order valence-corrected chi connectivity index (χ3v) is 8.40. The lowest BCUT2D eigenvalue weighted by Crippen LogP contribution is -2.37. The first kappa shape index (κ1) is 17.2. The van der Waals surface area contributed by atoms with E-state index >= 15 is 0 Å². The minimum atomic E-state index is -3.64. The van der Waals surface area contributed by atoms with Crippen molar-refractivity contribution in [3.63, 3.8) is 0 Å². The Morgan fingerprint density at radius 2 is 1.89 bits per heavy atom. The Morgan fingerprint density at radius 3 is 2.67 bits per heavy atom. The number of sulfonamides is 1. The summed E-state index contributed by atoms with van der Waals surface area (Å²) in [5.74, 6) is -0.170. The molecule has 2 atom stereocenters. The maximum atomic E-state index is 13.7. The third-order valence-electron chi connectivity index (χ3n) is 6.45. The molecule has 1 amide bonds. The maximum Gasteiger partial charge on any atom is 0.256 e. The summed E-state index contributed by atoms with van der Waals surface area (Å²) in [6, 6.07) is 8.74. The first-order valence-corrected chi connectivity index (χ1v) is 10.9. The average Bonchev–Trinajstić information content (AvgIpc) is 3.02. The lowest BCUT2D eigenvalue weighted by molar-refractivity contribution is 0.103. The van der Waals surface area contributed by atoms with Gasteiger partial charge in [-0.05, 0) is 48.3 Å². The van der Waals surface area contributed by atoms with Gasteiger partial charge in [-0.25, -0.2) is 8.42 Å². The van der Waals surface area contributed by atoms with Crippen LogP contribution in [0, 0.1) is 10.8 Å². The summed E-state index contributed by atoms with van der Waals surface area (Å²) in [4.78, 5) is 12.5. The zero-order valence-electron chi connectivity index (χ0n) is 15.9. The Bertz CT molecular complexity index is 1110. The fourth-order valence-corrected chi connectivity index (χ4v) is 7.87. The second-order valence-electron chi connectivity index (χ2n) is 9.56. The van der Waals surface area contributed by atoms with E-state index in [-0.39, 0.29) is 22.8 Å². The van der Waals surface area contributed by atoms with Gasteiger partial charge in [0.25, 0.3) is 5.91 Å². The molecule has 2 aromatic carbocycles. The second-order valence-corrected chi connectivity index (χ2v) is 11.4. The first-order valence-electron chi connectivity index (χ1n) is 9.49. The van der Waals surface area contributed by atoms with Crippen LogP contribution < -0.4 is 5.32 Å². The van der Waals surface area contributed by atoms with Gasteiger partial charge in [-0.1, -0.05) is 32.9 Å². The van der Waals surface area contributed by atoms with Gasteiger partial charge in [-0.15, -0.1) is 0 Å². The van der Waals surface area contributed by atoms with Crippen molar-refractivity contribution in [2.75, 3.05) is 11.9 Å². The number of hydrogen-bond acceptors (Lipinski definition) is 3. The number of carbonyl (C=O) groups is 1. The van der Waals surface area contributed by atoms with Crippen LogP contribution in [0.25, 0.3) is 10.8 Å². The number of amides is 1. The summed E-state index contributed by atoms with van der Waals surface area (Å²) in [5, 5.41) is 4.18. The molecule has 5 nitrogen and oxygen atoms in total. The molecule has 2 bridgehead atoms. The number of rotatable bonds is 2. The first-order chi connectivity index (χ1) is 12.6. The minimum Gasteiger partial charge on any atom is -0.321 e. The number of hydrogen-bond donors (Lipinski definition) is 1. The van der Waals surface area contributed by atoms with Crippen molar-refractivity contribution in [1.29, 1.82) is 0 Å². The highest BCUT2D eigenvalue weighted by molar-refractivity contribution is 7.89. The Labute approximate surface area is 159 Å². The summed E-state index contributed by atoms with van der Waals surface area (Å²) in [6.07, 6.45) is 2.87. The number of benzene rings is 2. The standard InChI is InChI=1S/C21H24N2O3S/c1-20(2)9-13-10-21(3,11-20)12-23(13)27(25,26)17-8-7-16-18-14(17)5-4-6-15(18)19(24)22-16/h4-8,13H,9-12H2,1-3H3,(H,22,24)/t13-,21-/m0/s1. The number of anilines is 1. The molecule has 2 aromatic rings. The molecule has 2 aliphatic heterocycles. The average molecular weight is 385 g/mol. The van der Waals surface area contributed by atoms with Gasteiger partial charge in [0, 0.05) is 34.6 Å². The molecule has 1 N–H and O–H groups in total. The lowest BCUT2D eigenvalue weighted by atomic mass is 9.65. The van der Waals surface area contributed by atoms with Crippen LogP contribution in [0.3, 0.4) is 0 Å². The van der Waals surface area contributed by atoms with E-state index in [9.17, 15) is 13.2 Å². The smallest absolute Gasteiger partial charge is 0.256 e. The highest BCUT2D eigenvalue weighted by Crippen LogP contribution is 2.54. The van der Waals surface area contributed by atoms with E-state index in [0.717, 1.165) is 24.6 Å². The molecule has 5 rings (SSSR count). The van der Waals surface area contributed by atoms with Crippen molar-refractivity contribution in [2.45, 2.75) is 51.0 Å². The van der Waals surface area contributed by atoms with Crippen molar-refractivity contribution in [1.82, 2.24) is 4.31 Å². The van der Waals surface area contributed by atoms with Crippen molar-refractivity contribution in [3.05, 3.63) is 35.9 Å². The van der Waals surface area contributed by atoms with Crippen molar-refractivity contribution in [2.24, 2.45) is 10.8 Å². The number of nitrogens with zero attached hydrogens (tertiary/aromatic N) is 1. The monoisotopic (exact) mass is 384 g/mol. The van der Waals surface area contributed by atoms with E-state index < -0.39 is 10.0 Å². The van der Waals surface area contributed by atoms with Crippen LogP contribution >= 0.6 is 0 Å². The molecule has 2 heterocycles. The number of nitrogens with one attached hydrogen (secondary N) is 1. The molecule has 1 saturated heterocycles. The van der Waals surface area contributed by atoms with Gasteiger partial charge >= 0.3 is 0 Å². The molecule has 0 aromatic heterocycles. The second kappa shape index (κ2) is 5.11. The van der Waals surface area contributed by atoms with E-state index in [2.05, 4.69) is 26.1 Å². The lowest BCUT2D eigenvalue weighted by Gasteiger charge is -2.39. The topological polar surface area (TPSA) is 66.5 Å². The van der Waals surface area contributed by atoms with Gasteiger partial charge in [0.2, 0.25) is 10.0 Å². The Kier molecular flexibility index (Phi) is 3.26. The molecule has 6 heteroatoms. The van der Waals surface area contributed by atoms with E-state index in [0.29, 0.717) is 28.1 Å². The molecule has 27 heavy (non-hydrogen) atoms. The predicted molar refractivity (Wildman–Crippen MR) is 105 cm³/mol. The highest BCUT2D eigenvalue weighted by Gasteiger charge is 2.53. The van der Waals surface area contributed by atoms with Crippen molar-refractivity contribution < 1.29 is 13.2 Å². The summed E-state index contributed by atoms with van der Waals surface area (Å²) >= 11 is 0. The van der Waals surface area contributed by atoms with Gasteiger partial charge in [-0.2, -0.15) is 4.31 Å². The molecule has 2 fully saturated rings. The zero-order chi connectivity index (χ0) is 19.2. The maximum absolute atomic E-state index is 13.7. The van der Waals surface area contributed by atoms with E-state index in [4.69, 9.17) is 0 Å². The quantitative estimate of drug-likeness (QED) is 0.851. The fourth-order valence-electron chi connectivity index (χ4n) is 5.90. The number of fused-ring (bicyclic) bond motifs is 2. The van der Waals surface area contributed by atoms with Gasteiger partial charge in [0.05, 0.1) is 4.90 Å². The van der Waals surface area contributed by atoms with E-state index in [1.807, 2.05) is 6.07 Å². The van der Waals surface area contributed by atoms with E-state index in [1.54, 1.807) is 28.6 Å². The Hall–Kier alpha value is -1.92. The molecule has 0 radical (unpaired) electrons. The fraction of sp³-hybridized carbons (Fsp3) is 0.476. The number of carbonyl (C=O) groups excluding carboxylic acids is 1. The van der Waals surface area contributed by atoms with Gasteiger partial charge < -0.3 is 5.32 Å². The summed E-state index contributed by atoms with van der Waals surface area (Å²) in [5.41, 5.74) is 1.43. The molecule has 3 aliphatic rings. The van der Waals surface area contributed by atoms with Crippen LogP contribution in [-0.2, 0) is 10.0 Å². The van der Waals surface area contributed by atoms with Crippen LogP contribution in [0.5, 0.6) is 0 Å². The van der Waals surface area contributed by atoms with Gasteiger partial charge in [0.15, 0.2) is 0 Å². The van der Waals surface area contributed by atoms with Gasteiger partial charge in [-0.3, -0.25) is 4.79 Å². The van der Waals surface area contributed by atoms with Crippen LogP contribution in [0.4, 0.5) is 5.69 Å². The zero-order valence-corrected chi connectivity index (χ0v) is 16.7. The predicted octanol–water partition coefficient (Wildman–Crippen LogP) is 3.99. The molecule has 1 saturated carbocycles. The highest BCUT2D eigenvalue weighted by atomic mass is 32.2. The largest absolute Gasteiger partial charge is 0.321 e. The van der Waals surface area contributed by atoms with Crippen molar-refractivity contribution >= 4 is 32.4 Å². The van der Waals surface area contributed by atoms with Crippen LogP contribution in [0.1, 0.15) is 50.4 Å². The molecular formula is C21H24N2O3S. The van der Waals surface area contributed by atoms with Crippen LogP contribution in [0.2, 0.25) is 0 Å². The molecule has 0 unspecified atom stereocenters. The van der Waals surface area contributed by atoms with Crippen LogP contribution in [0.15, 0.2) is 35.2 Å². The third kappa shape index (κ3) is 2.39. The molecule has 1 aliphatic carbocycles. The summed E-state index contributed by atoms with van der Waals surface area (Å²) < 4.78 is 29.1. The van der Waals surface area contributed by atoms with Gasteiger partial charge in [0.1, 0.15) is 0 Å². The molecule has 142 valence electrons.